The molecule has 10 nitrogen and oxygen atoms in total. The van der Waals surface area contributed by atoms with Gasteiger partial charge < -0.3 is 15.4 Å². The molecular weight excluding hydrogens is 446 g/mol. The molecule has 0 spiro atoms. The van der Waals surface area contributed by atoms with E-state index >= 15 is 0 Å². The molecule has 0 bridgehead atoms. The molecular formula is C18H14BrN5O5. The number of nitro benzene ring substituents is 1. The molecule has 0 saturated carbocycles. The van der Waals surface area contributed by atoms with E-state index in [4.69, 9.17) is 0 Å². The zero-order chi connectivity index (χ0) is 21.1. The number of hydrogen-bond donors (Lipinski definition) is 1. The number of rotatable bonds is 6. The average Bonchev–Trinajstić information content (AvgIpc) is 3.03. The quantitative estimate of drug-likeness (QED) is 0.436. The summed E-state index contributed by atoms with van der Waals surface area (Å²) in [4.78, 5) is 33.2. The van der Waals surface area contributed by atoms with Gasteiger partial charge in [-0.2, -0.15) is 4.68 Å². The molecule has 11 heteroatoms. The number of aromatic nitrogens is 2. The Labute approximate surface area is 172 Å². The van der Waals surface area contributed by atoms with Gasteiger partial charge >= 0.3 is 5.82 Å². The second-order valence-electron chi connectivity index (χ2n) is 6.17. The van der Waals surface area contributed by atoms with Crippen LogP contribution in [0.1, 0.15) is 21.5 Å². The molecule has 1 heterocycles. The van der Waals surface area contributed by atoms with Crippen molar-refractivity contribution in [2.45, 2.75) is 13.5 Å². The number of carbonyl (C=O) groups is 1. The van der Waals surface area contributed by atoms with E-state index < -0.39 is 9.85 Å². The molecule has 0 aliphatic rings. The third-order valence-electron chi connectivity index (χ3n) is 4.07. The Hall–Kier alpha value is -3.60. The van der Waals surface area contributed by atoms with E-state index in [-0.39, 0.29) is 28.4 Å². The van der Waals surface area contributed by atoms with Crippen LogP contribution in [0.5, 0.6) is 0 Å². The third kappa shape index (κ3) is 4.63. The topological polar surface area (TPSA) is 133 Å². The van der Waals surface area contributed by atoms with Gasteiger partial charge in [-0.15, -0.1) is 0 Å². The van der Waals surface area contributed by atoms with E-state index in [0.717, 1.165) is 5.56 Å². The monoisotopic (exact) mass is 459 g/mol. The van der Waals surface area contributed by atoms with Crippen molar-refractivity contribution in [1.29, 1.82) is 0 Å². The highest BCUT2D eigenvalue weighted by Gasteiger charge is 2.19. The molecule has 3 rings (SSSR count). The van der Waals surface area contributed by atoms with Gasteiger partial charge in [-0.1, -0.05) is 12.1 Å². The SMILES string of the molecule is Cc1cc([N+](=O)[O-])ccc1NC(=O)c1cccc(Cn2cc(Br)c([N+](=O)[O-])n2)c1. The first-order valence-corrected chi connectivity index (χ1v) is 9.06. The summed E-state index contributed by atoms with van der Waals surface area (Å²) in [7, 11) is 0. The summed E-state index contributed by atoms with van der Waals surface area (Å²) in [6.07, 6.45) is 1.49. The Morgan fingerprint density at radius 1 is 1.17 bits per heavy atom. The third-order valence-corrected chi connectivity index (χ3v) is 4.63. The zero-order valence-corrected chi connectivity index (χ0v) is 16.6. The first-order valence-electron chi connectivity index (χ1n) is 8.27. The number of aryl methyl sites for hydroxylation is 1. The first kappa shape index (κ1) is 20.1. The van der Waals surface area contributed by atoms with Crippen LogP contribution in [0.15, 0.2) is 53.1 Å². The number of amides is 1. The predicted octanol–water partition coefficient (Wildman–Crippen LogP) is 4.07. The minimum absolute atomic E-state index is 0.0537. The maximum Gasteiger partial charge on any atom is 0.404 e. The van der Waals surface area contributed by atoms with Gasteiger partial charge in [0.25, 0.3) is 11.6 Å². The van der Waals surface area contributed by atoms with Crippen LogP contribution in [-0.4, -0.2) is 25.5 Å². The molecule has 0 radical (unpaired) electrons. The normalized spacial score (nSPS) is 10.6. The highest BCUT2D eigenvalue weighted by molar-refractivity contribution is 9.10. The molecule has 0 fully saturated rings. The van der Waals surface area contributed by atoms with Crippen molar-refractivity contribution >= 4 is 39.0 Å². The van der Waals surface area contributed by atoms with Gasteiger partial charge in [0, 0.05) is 23.4 Å². The number of carbonyl (C=O) groups excluding carboxylic acids is 1. The van der Waals surface area contributed by atoms with Crippen LogP contribution in [0.2, 0.25) is 0 Å². The molecule has 0 saturated heterocycles. The summed E-state index contributed by atoms with van der Waals surface area (Å²) in [5, 5.41) is 28.4. The Kier molecular flexibility index (Phi) is 5.69. The molecule has 29 heavy (non-hydrogen) atoms. The van der Waals surface area contributed by atoms with E-state index in [1.165, 1.54) is 29.1 Å². The van der Waals surface area contributed by atoms with Crippen molar-refractivity contribution in [2.75, 3.05) is 5.32 Å². The van der Waals surface area contributed by atoms with Gasteiger partial charge in [-0.25, -0.2) is 0 Å². The number of nitrogens with one attached hydrogen (secondary N) is 1. The predicted molar refractivity (Wildman–Crippen MR) is 108 cm³/mol. The highest BCUT2D eigenvalue weighted by atomic mass is 79.9. The number of nitrogens with zero attached hydrogens (tertiary/aromatic N) is 4. The van der Waals surface area contributed by atoms with Crippen molar-refractivity contribution in [2.24, 2.45) is 0 Å². The number of benzene rings is 2. The summed E-state index contributed by atoms with van der Waals surface area (Å²) >= 11 is 3.10. The number of non-ortho nitro benzene ring substituents is 1. The number of halogens is 1. The highest BCUT2D eigenvalue weighted by Crippen LogP contribution is 2.24. The number of hydrogen-bond acceptors (Lipinski definition) is 6. The second-order valence-corrected chi connectivity index (χ2v) is 7.02. The smallest absolute Gasteiger partial charge is 0.358 e. The van der Waals surface area contributed by atoms with Crippen LogP contribution in [0.4, 0.5) is 17.2 Å². The maximum atomic E-state index is 12.6. The first-order chi connectivity index (χ1) is 13.7. The Balaban J connectivity index is 1.77. The fourth-order valence-corrected chi connectivity index (χ4v) is 3.15. The summed E-state index contributed by atoms with van der Waals surface area (Å²) in [6.45, 7) is 1.91. The number of nitro groups is 2. The Bertz CT molecular complexity index is 1130. The van der Waals surface area contributed by atoms with Crippen LogP contribution >= 0.6 is 15.9 Å². The van der Waals surface area contributed by atoms with Crippen molar-refractivity contribution < 1.29 is 14.6 Å². The average molecular weight is 460 g/mol. The summed E-state index contributed by atoms with van der Waals surface area (Å²) < 4.78 is 1.67. The number of anilines is 1. The van der Waals surface area contributed by atoms with Crippen molar-refractivity contribution in [3.63, 3.8) is 0 Å². The zero-order valence-electron chi connectivity index (χ0n) is 15.0. The molecule has 1 N–H and O–H groups in total. The minimum atomic E-state index is -0.586. The standard InChI is InChI=1S/C18H14BrN5O5/c1-11-7-14(23(26)27)5-6-16(11)20-18(25)13-4-2-3-12(8-13)9-22-10-15(19)17(21-22)24(28)29/h2-8,10H,9H2,1H3,(H,20,25). The van der Waals surface area contributed by atoms with E-state index in [1.807, 2.05) is 0 Å². The lowest BCUT2D eigenvalue weighted by atomic mass is 10.1. The molecule has 2 aromatic carbocycles. The van der Waals surface area contributed by atoms with Crippen LogP contribution in [-0.2, 0) is 6.54 Å². The molecule has 0 aliphatic carbocycles. The molecule has 1 aromatic heterocycles. The van der Waals surface area contributed by atoms with Gasteiger partial charge in [0.05, 0.1) is 22.8 Å². The van der Waals surface area contributed by atoms with Crippen LogP contribution in [0, 0.1) is 27.2 Å². The van der Waals surface area contributed by atoms with Gasteiger partial charge in [0.15, 0.2) is 0 Å². The van der Waals surface area contributed by atoms with Crippen LogP contribution in [0.25, 0.3) is 0 Å². The molecule has 3 aromatic rings. The molecule has 0 atom stereocenters. The van der Waals surface area contributed by atoms with Crippen LogP contribution in [0.3, 0.4) is 0 Å². The Morgan fingerprint density at radius 2 is 1.93 bits per heavy atom. The van der Waals surface area contributed by atoms with Crippen molar-refractivity contribution in [3.8, 4) is 0 Å². The Morgan fingerprint density at radius 3 is 2.55 bits per heavy atom. The lowest BCUT2D eigenvalue weighted by molar-refractivity contribution is -0.390. The van der Waals surface area contributed by atoms with E-state index in [1.54, 1.807) is 31.2 Å². The van der Waals surface area contributed by atoms with Gasteiger partial charge in [-0.05, 0) is 57.1 Å². The minimum Gasteiger partial charge on any atom is -0.358 e. The van der Waals surface area contributed by atoms with E-state index in [0.29, 0.717) is 16.8 Å². The van der Waals surface area contributed by atoms with Crippen molar-refractivity contribution in [1.82, 2.24) is 9.78 Å². The second kappa shape index (κ2) is 8.19. The van der Waals surface area contributed by atoms with Crippen LogP contribution < -0.4 is 5.32 Å². The lowest BCUT2D eigenvalue weighted by Crippen LogP contribution is -2.13. The summed E-state index contributed by atoms with van der Waals surface area (Å²) in [5.74, 6) is -0.663. The molecule has 1 amide bonds. The fraction of sp³-hybridized carbons (Fsp3) is 0.111. The van der Waals surface area contributed by atoms with E-state index in [9.17, 15) is 25.0 Å². The summed E-state index contributed by atoms with van der Waals surface area (Å²) in [6, 6.07) is 10.9. The molecule has 148 valence electrons. The van der Waals surface area contributed by atoms with Crippen molar-refractivity contribution in [3.05, 3.63) is 90.1 Å². The molecule has 0 unspecified atom stereocenters. The van der Waals surface area contributed by atoms with Gasteiger partial charge in [0.2, 0.25) is 0 Å². The molecule has 0 aliphatic heterocycles. The van der Waals surface area contributed by atoms with E-state index in [2.05, 4.69) is 26.3 Å². The summed E-state index contributed by atoms with van der Waals surface area (Å²) in [5.41, 5.74) is 2.08. The van der Waals surface area contributed by atoms with Gasteiger partial charge in [-0.3, -0.25) is 14.9 Å². The largest absolute Gasteiger partial charge is 0.404 e. The fourth-order valence-electron chi connectivity index (χ4n) is 2.69. The van der Waals surface area contributed by atoms with Gasteiger partial charge in [0.1, 0.15) is 4.47 Å². The maximum absolute atomic E-state index is 12.6. The lowest BCUT2D eigenvalue weighted by Gasteiger charge is -2.09.